The number of benzene rings is 1. The van der Waals surface area contributed by atoms with Crippen molar-refractivity contribution in [1.82, 2.24) is 0 Å². The lowest BCUT2D eigenvalue weighted by atomic mass is 9.92. The molecule has 0 radical (unpaired) electrons. The number of nitrogens with two attached hydrogens (primary N) is 1. The first-order valence-corrected chi connectivity index (χ1v) is 7.07. The fraction of sp³-hybridized carbons (Fsp3) is 0.500. The number of hydrogen-bond acceptors (Lipinski definition) is 2. The van der Waals surface area contributed by atoms with Crippen molar-refractivity contribution in [2.75, 3.05) is 17.7 Å². The number of carbonyl (C=O) groups excluding carboxylic acids is 1. The van der Waals surface area contributed by atoms with Gasteiger partial charge in [-0.2, -0.15) is 0 Å². The predicted molar refractivity (Wildman–Crippen MR) is 78.8 cm³/mol. The third-order valence-electron chi connectivity index (χ3n) is 3.54. The summed E-state index contributed by atoms with van der Waals surface area (Å²) < 4.78 is 0.874. The Labute approximate surface area is 116 Å². The van der Waals surface area contributed by atoms with Crippen LogP contribution in [-0.4, -0.2) is 13.0 Å². The minimum atomic E-state index is -0.00991. The van der Waals surface area contributed by atoms with E-state index in [0.717, 1.165) is 28.6 Å². The van der Waals surface area contributed by atoms with Gasteiger partial charge in [0.25, 0.3) is 0 Å². The molecule has 98 valence electrons. The van der Waals surface area contributed by atoms with Gasteiger partial charge in [0.15, 0.2) is 0 Å². The smallest absolute Gasteiger partial charge is 0.234 e. The summed E-state index contributed by atoms with van der Waals surface area (Å²) in [4.78, 5) is 14.0. The average Bonchev–Trinajstić information content (AvgIpc) is 2.51. The molecule has 4 heteroatoms. The fourth-order valence-corrected chi connectivity index (χ4v) is 2.79. The maximum atomic E-state index is 12.3. The topological polar surface area (TPSA) is 46.3 Å². The Morgan fingerprint density at radius 2 is 2.11 bits per heavy atom. The number of nitrogens with zero attached hydrogens (tertiary/aromatic N) is 1. The maximum absolute atomic E-state index is 12.3. The Kier molecular flexibility index (Phi) is 3.66. The quantitative estimate of drug-likeness (QED) is 0.868. The van der Waals surface area contributed by atoms with Gasteiger partial charge in [-0.3, -0.25) is 4.79 Å². The first-order chi connectivity index (χ1) is 8.41. The number of rotatable bonds is 3. The maximum Gasteiger partial charge on any atom is 0.234 e. The average molecular weight is 311 g/mol. The molecule has 2 rings (SSSR count). The standard InChI is InChI=1S/C14H19BrN2O/c1-8(2)4-5-9-10-6-11(15)12(16)7-13(10)17(3)14(9)18/h6-9H,4-5,16H2,1-3H3. The summed E-state index contributed by atoms with van der Waals surface area (Å²) in [6.07, 6.45) is 1.97. The Bertz CT molecular complexity index is 485. The summed E-state index contributed by atoms with van der Waals surface area (Å²) in [6, 6.07) is 3.88. The Morgan fingerprint density at radius 1 is 1.44 bits per heavy atom. The number of carbonyl (C=O) groups is 1. The summed E-state index contributed by atoms with van der Waals surface area (Å²) in [7, 11) is 1.82. The van der Waals surface area contributed by atoms with Gasteiger partial charge in [-0.25, -0.2) is 0 Å². The number of amides is 1. The molecule has 1 aliphatic heterocycles. The van der Waals surface area contributed by atoms with Crippen molar-refractivity contribution < 1.29 is 4.79 Å². The molecule has 2 N–H and O–H groups in total. The lowest BCUT2D eigenvalue weighted by molar-refractivity contribution is -0.119. The van der Waals surface area contributed by atoms with E-state index in [1.807, 2.05) is 19.2 Å². The highest BCUT2D eigenvalue weighted by Crippen LogP contribution is 2.42. The summed E-state index contributed by atoms with van der Waals surface area (Å²) in [6.45, 7) is 4.37. The van der Waals surface area contributed by atoms with Crippen LogP contribution < -0.4 is 10.6 Å². The van der Waals surface area contributed by atoms with E-state index in [4.69, 9.17) is 5.73 Å². The highest BCUT2D eigenvalue weighted by molar-refractivity contribution is 9.10. The van der Waals surface area contributed by atoms with Crippen LogP contribution in [0.25, 0.3) is 0 Å². The van der Waals surface area contributed by atoms with Crippen molar-refractivity contribution in [1.29, 1.82) is 0 Å². The van der Waals surface area contributed by atoms with E-state index in [1.165, 1.54) is 0 Å². The van der Waals surface area contributed by atoms with Crippen LogP contribution in [0, 0.1) is 5.92 Å². The van der Waals surface area contributed by atoms with E-state index in [0.29, 0.717) is 11.6 Å². The van der Waals surface area contributed by atoms with E-state index in [1.54, 1.807) is 4.90 Å². The number of fused-ring (bicyclic) bond motifs is 1. The number of likely N-dealkylation sites (N-methyl/N-ethyl adjacent to an activating group) is 1. The minimum absolute atomic E-state index is 0.00991. The molecule has 1 amide bonds. The summed E-state index contributed by atoms with van der Waals surface area (Å²) in [5, 5.41) is 0. The predicted octanol–water partition coefficient (Wildman–Crippen LogP) is 3.53. The summed E-state index contributed by atoms with van der Waals surface area (Å²) in [5.41, 5.74) is 8.62. The van der Waals surface area contributed by atoms with Gasteiger partial charge in [-0.1, -0.05) is 13.8 Å². The van der Waals surface area contributed by atoms with E-state index >= 15 is 0 Å². The van der Waals surface area contributed by atoms with Gasteiger partial charge in [0.05, 0.1) is 5.92 Å². The van der Waals surface area contributed by atoms with Crippen molar-refractivity contribution in [3.8, 4) is 0 Å². The van der Waals surface area contributed by atoms with Crippen molar-refractivity contribution in [3.63, 3.8) is 0 Å². The molecule has 3 nitrogen and oxygen atoms in total. The highest BCUT2D eigenvalue weighted by Gasteiger charge is 2.35. The van der Waals surface area contributed by atoms with E-state index in [9.17, 15) is 4.79 Å². The lowest BCUT2D eigenvalue weighted by Crippen LogP contribution is -2.24. The third-order valence-corrected chi connectivity index (χ3v) is 4.23. The van der Waals surface area contributed by atoms with Crippen LogP contribution in [0.1, 0.15) is 38.2 Å². The van der Waals surface area contributed by atoms with Gasteiger partial charge in [0, 0.05) is 22.9 Å². The van der Waals surface area contributed by atoms with Gasteiger partial charge in [-0.05, 0) is 52.4 Å². The van der Waals surface area contributed by atoms with Gasteiger partial charge in [0.1, 0.15) is 0 Å². The van der Waals surface area contributed by atoms with Crippen molar-refractivity contribution in [2.45, 2.75) is 32.6 Å². The number of halogens is 1. The molecule has 1 aliphatic rings. The second-order valence-electron chi connectivity index (χ2n) is 5.35. The van der Waals surface area contributed by atoms with E-state index in [-0.39, 0.29) is 11.8 Å². The zero-order valence-electron chi connectivity index (χ0n) is 11.0. The molecule has 0 aliphatic carbocycles. The molecular weight excluding hydrogens is 292 g/mol. The molecule has 18 heavy (non-hydrogen) atoms. The summed E-state index contributed by atoms with van der Waals surface area (Å²) in [5.74, 6) is 0.789. The van der Waals surface area contributed by atoms with Crippen LogP contribution >= 0.6 is 15.9 Å². The van der Waals surface area contributed by atoms with Crippen molar-refractivity contribution in [2.24, 2.45) is 5.92 Å². The fourth-order valence-electron chi connectivity index (χ4n) is 2.43. The van der Waals surface area contributed by atoms with Gasteiger partial charge < -0.3 is 10.6 Å². The number of anilines is 2. The van der Waals surface area contributed by atoms with Gasteiger partial charge >= 0.3 is 0 Å². The zero-order chi connectivity index (χ0) is 13.4. The molecule has 1 aromatic rings. The SMILES string of the molecule is CC(C)CCC1C(=O)N(C)c2cc(N)c(Br)cc21. The molecule has 1 unspecified atom stereocenters. The van der Waals surface area contributed by atoms with Gasteiger partial charge in [-0.15, -0.1) is 0 Å². The van der Waals surface area contributed by atoms with Crippen LogP contribution in [0.3, 0.4) is 0 Å². The van der Waals surface area contributed by atoms with Crippen LogP contribution in [0.4, 0.5) is 11.4 Å². The normalized spacial score (nSPS) is 18.6. The Hall–Kier alpha value is -1.03. The molecule has 0 spiro atoms. The van der Waals surface area contributed by atoms with Crippen molar-refractivity contribution in [3.05, 3.63) is 22.2 Å². The molecule has 0 aromatic heterocycles. The molecule has 0 saturated heterocycles. The summed E-state index contributed by atoms with van der Waals surface area (Å²) >= 11 is 3.44. The molecule has 0 fully saturated rings. The monoisotopic (exact) mass is 310 g/mol. The van der Waals surface area contributed by atoms with E-state index < -0.39 is 0 Å². The molecule has 1 heterocycles. The van der Waals surface area contributed by atoms with Crippen LogP contribution in [-0.2, 0) is 4.79 Å². The lowest BCUT2D eigenvalue weighted by Gasteiger charge is -2.12. The number of hydrogen-bond donors (Lipinski definition) is 1. The molecular formula is C14H19BrN2O. The molecule has 0 bridgehead atoms. The Morgan fingerprint density at radius 3 is 2.72 bits per heavy atom. The first-order valence-electron chi connectivity index (χ1n) is 6.28. The van der Waals surface area contributed by atoms with Crippen LogP contribution in [0.5, 0.6) is 0 Å². The third kappa shape index (κ3) is 2.26. The zero-order valence-corrected chi connectivity index (χ0v) is 12.6. The highest BCUT2D eigenvalue weighted by atomic mass is 79.9. The second kappa shape index (κ2) is 4.92. The molecule has 0 saturated carbocycles. The minimum Gasteiger partial charge on any atom is -0.398 e. The van der Waals surface area contributed by atoms with E-state index in [2.05, 4.69) is 29.8 Å². The van der Waals surface area contributed by atoms with Gasteiger partial charge in [0.2, 0.25) is 5.91 Å². The van der Waals surface area contributed by atoms with Crippen molar-refractivity contribution >= 4 is 33.2 Å². The van der Waals surface area contributed by atoms with Crippen LogP contribution in [0.2, 0.25) is 0 Å². The first kappa shape index (κ1) is 13.4. The largest absolute Gasteiger partial charge is 0.398 e. The molecule has 1 atom stereocenters. The number of nitrogen functional groups attached to an aromatic ring is 1. The Balaban J connectivity index is 2.35. The second-order valence-corrected chi connectivity index (χ2v) is 6.21. The van der Waals surface area contributed by atoms with Crippen LogP contribution in [0.15, 0.2) is 16.6 Å². The molecule has 1 aromatic carbocycles.